The largest absolute Gasteiger partial charge is 0.389 e. The van der Waals surface area contributed by atoms with E-state index in [1.54, 1.807) is 18.3 Å². The first-order chi connectivity index (χ1) is 8.78. The standard InChI is InChI=1S/C13H20N4OS/c1-13(2,3)17-11(18)5-7-16-10-8-9(12(14)19)4-6-15-10/h4,6,8H,5,7H2,1-3H3,(H2,14,19)(H,15,16)(H,17,18). The maximum absolute atomic E-state index is 11.6. The van der Waals surface area contributed by atoms with Gasteiger partial charge in [0.05, 0.1) is 0 Å². The van der Waals surface area contributed by atoms with Crippen molar-refractivity contribution in [1.82, 2.24) is 10.3 Å². The molecule has 0 bridgehead atoms. The van der Waals surface area contributed by atoms with Gasteiger partial charge < -0.3 is 16.4 Å². The van der Waals surface area contributed by atoms with Crippen LogP contribution in [-0.4, -0.2) is 28.0 Å². The average Bonchev–Trinajstić information content (AvgIpc) is 2.27. The molecule has 0 aliphatic carbocycles. The Kier molecular flexibility index (Phi) is 5.23. The number of amides is 1. The Bertz CT molecular complexity index is 468. The van der Waals surface area contributed by atoms with Gasteiger partial charge in [0.1, 0.15) is 10.8 Å². The van der Waals surface area contributed by atoms with Crippen molar-refractivity contribution in [3.8, 4) is 0 Å². The van der Waals surface area contributed by atoms with E-state index >= 15 is 0 Å². The summed E-state index contributed by atoms with van der Waals surface area (Å²) in [6.45, 7) is 6.36. The van der Waals surface area contributed by atoms with Gasteiger partial charge in [-0.05, 0) is 32.9 Å². The highest BCUT2D eigenvalue weighted by atomic mass is 32.1. The molecule has 0 aliphatic rings. The highest BCUT2D eigenvalue weighted by molar-refractivity contribution is 7.80. The van der Waals surface area contributed by atoms with Crippen molar-refractivity contribution < 1.29 is 4.79 Å². The van der Waals surface area contributed by atoms with Crippen molar-refractivity contribution in [3.63, 3.8) is 0 Å². The fourth-order valence-electron chi connectivity index (χ4n) is 1.47. The Morgan fingerprint density at radius 1 is 1.47 bits per heavy atom. The molecule has 0 atom stereocenters. The van der Waals surface area contributed by atoms with Crippen molar-refractivity contribution in [3.05, 3.63) is 23.9 Å². The smallest absolute Gasteiger partial charge is 0.222 e. The normalized spacial score (nSPS) is 10.9. The highest BCUT2D eigenvalue weighted by Gasteiger charge is 2.12. The van der Waals surface area contributed by atoms with E-state index in [1.807, 2.05) is 20.8 Å². The molecular weight excluding hydrogens is 260 g/mol. The van der Waals surface area contributed by atoms with Crippen LogP contribution in [0.5, 0.6) is 0 Å². The lowest BCUT2D eigenvalue weighted by Gasteiger charge is -2.20. The Labute approximate surface area is 119 Å². The number of carbonyl (C=O) groups is 1. The van der Waals surface area contributed by atoms with Gasteiger partial charge in [0.2, 0.25) is 5.91 Å². The first kappa shape index (κ1) is 15.4. The SMILES string of the molecule is CC(C)(C)NC(=O)CCNc1cc(C(N)=S)ccn1. The van der Waals surface area contributed by atoms with Crippen LogP contribution in [0.2, 0.25) is 0 Å². The maximum Gasteiger partial charge on any atom is 0.222 e. The molecule has 4 N–H and O–H groups in total. The van der Waals surface area contributed by atoms with Gasteiger partial charge in [0.25, 0.3) is 0 Å². The van der Waals surface area contributed by atoms with Crippen LogP contribution in [0, 0.1) is 0 Å². The predicted octanol–water partition coefficient (Wildman–Crippen LogP) is 1.43. The molecule has 5 nitrogen and oxygen atoms in total. The van der Waals surface area contributed by atoms with Gasteiger partial charge in [-0.25, -0.2) is 4.98 Å². The number of thiocarbonyl (C=S) groups is 1. The Balaban J connectivity index is 2.43. The molecule has 0 saturated heterocycles. The number of aromatic nitrogens is 1. The fourth-order valence-corrected chi connectivity index (χ4v) is 1.59. The number of anilines is 1. The summed E-state index contributed by atoms with van der Waals surface area (Å²) in [4.78, 5) is 16.1. The van der Waals surface area contributed by atoms with Crippen LogP contribution in [0.1, 0.15) is 32.8 Å². The van der Waals surface area contributed by atoms with E-state index in [0.717, 1.165) is 5.56 Å². The minimum absolute atomic E-state index is 0.00509. The van der Waals surface area contributed by atoms with E-state index < -0.39 is 0 Å². The van der Waals surface area contributed by atoms with Crippen LogP contribution >= 0.6 is 12.2 Å². The zero-order valence-electron chi connectivity index (χ0n) is 11.5. The van der Waals surface area contributed by atoms with E-state index in [4.69, 9.17) is 18.0 Å². The molecule has 19 heavy (non-hydrogen) atoms. The molecule has 0 aromatic carbocycles. The number of nitrogens with two attached hydrogens (primary N) is 1. The quantitative estimate of drug-likeness (QED) is 0.711. The third kappa shape index (κ3) is 6.15. The molecule has 0 aliphatic heterocycles. The van der Waals surface area contributed by atoms with Gasteiger partial charge in [-0.1, -0.05) is 12.2 Å². The summed E-state index contributed by atoms with van der Waals surface area (Å²) in [6, 6.07) is 3.52. The summed E-state index contributed by atoms with van der Waals surface area (Å²) in [5, 5.41) is 5.96. The second-order valence-electron chi connectivity index (χ2n) is 5.27. The molecular formula is C13H20N4OS. The van der Waals surface area contributed by atoms with Crippen molar-refractivity contribution >= 4 is 28.9 Å². The molecule has 0 saturated carbocycles. The third-order valence-electron chi connectivity index (χ3n) is 2.22. The molecule has 104 valence electrons. The summed E-state index contributed by atoms with van der Waals surface area (Å²) in [6.07, 6.45) is 2.02. The van der Waals surface area contributed by atoms with E-state index in [2.05, 4.69) is 15.6 Å². The Morgan fingerprint density at radius 2 is 2.16 bits per heavy atom. The van der Waals surface area contributed by atoms with Gasteiger partial charge in [-0.3, -0.25) is 4.79 Å². The number of carbonyl (C=O) groups excluding carboxylic acids is 1. The second kappa shape index (κ2) is 6.47. The molecule has 0 spiro atoms. The van der Waals surface area contributed by atoms with Crippen LogP contribution < -0.4 is 16.4 Å². The zero-order chi connectivity index (χ0) is 14.5. The van der Waals surface area contributed by atoms with Gasteiger partial charge in [-0.2, -0.15) is 0 Å². The van der Waals surface area contributed by atoms with Crippen LogP contribution in [0.15, 0.2) is 18.3 Å². The molecule has 1 rings (SSSR count). The monoisotopic (exact) mass is 280 g/mol. The lowest BCUT2D eigenvalue weighted by molar-refractivity contribution is -0.122. The first-order valence-corrected chi connectivity index (χ1v) is 6.49. The van der Waals surface area contributed by atoms with Crippen LogP contribution in [0.25, 0.3) is 0 Å². The molecule has 1 amide bonds. The van der Waals surface area contributed by atoms with Gasteiger partial charge >= 0.3 is 0 Å². The van der Waals surface area contributed by atoms with Crippen molar-refractivity contribution in [2.24, 2.45) is 5.73 Å². The zero-order valence-corrected chi connectivity index (χ0v) is 12.3. The summed E-state index contributed by atoms with van der Waals surface area (Å²) in [5.74, 6) is 0.666. The lowest BCUT2D eigenvalue weighted by Crippen LogP contribution is -2.41. The second-order valence-corrected chi connectivity index (χ2v) is 5.71. The summed E-state index contributed by atoms with van der Waals surface area (Å²) in [7, 11) is 0. The topological polar surface area (TPSA) is 80.0 Å². The fraction of sp³-hybridized carbons (Fsp3) is 0.462. The van der Waals surface area contributed by atoms with Gasteiger partial charge in [-0.15, -0.1) is 0 Å². The van der Waals surface area contributed by atoms with Crippen LogP contribution in [0.3, 0.4) is 0 Å². The van der Waals surface area contributed by atoms with Crippen molar-refractivity contribution in [2.45, 2.75) is 32.7 Å². The lowest BCUT2D eigenvalue weighted by atomic mass is 10.1. The number of hydrogen-bond donors (Lipinski definition) is 3. The van der Waals surface area contributed by atoms with Crippen LogP contribution in [-0.2, 0) is 4.79 Å². The van der Waals surface area contributed by atoms with Crippen LogP contribution in [0.4, 0.5) is 5.82 Å². The number of rotatable bonds is 5. The molecule has 0 radical (unpaired) electrons. The van der Waals surface area contributed by atoms with Gasteiger partial charge in [0, 0.05) is 30.3 Å². The summed E-state index contributed by atoms with van der Waals surface area (Å²) >= 11 is 4.89. The molecule has 1 aromatic rings. The molecule has 0 unspecified atom stereocenters. The Hall–Kier alpha value is -1.69. The number of pyridine rings is 1. The highest BCUT2D eigenvalue weighted by Crippen LogP contribution is 2.06. The number of nitrogens with one attached hydrogen (secondary N) is 2. The number of nitrogens with zero attached hydrogens (tertiary/aromatic N) is 1. The van der Waals surface area contributed by atoms with E-state index in [0.29, 0.717) is 23.8 Å². The molecule has 1 aromatic heterocycles. The van der Waals surface area contributed by atoms with Crippen molar-refractivity contribution in [1.29, 1.82) is 0 Å². The maximum atomic E-state index is 11.6. The molecule has 1 heterocycles. The molecule has 6 heteroatoms. The molecule has 0 fully saturated rings. The minimum Gasteiger partial charge on any atom is -0.389 e. The van der Waals surface area contributed by atoms with E-state index in [9.17, 15) is 4.79 Å². The first-order valence-electron chi connectivity index (χ1n) is 6.09. The van der Waals surface area contributed by atoms with Crippen molar-refractivity contribution in [2.75, 3.05) is 11.9 Å². The predicted molar refractivity (Wildman–Crippen MR) is 81.1 cm³/mol. The summed E-state index contributed by atoms with van der Waals surface area (Å²) < 4.78 is 0. The minimum atomic E-state index is -0.207. The number of hydrogen-bond acceptors (Lipinski definition) is 4. The van der Waals surface area contributed by atoms with E-state index in [1.165, 1.54) is 0 Å². The summed E-state index contributed by atoms with van der Waals surface area (Å²) in [5.41, 5.74) is 6.09. The Morgan fingerprint density at radius 3 is 2.74 bits per heavy atom. The third-order valence-corrected chi connectivity index (χ3v) is 2.45. The van der Waals surface area contributed by atoms with E-state index in [-0.39, 0.29) is 11.4 Å². The van der Waals surface area contributed by atoms with Gasteiger partial charge in [0.15, 0.2) is 0 Å². The average molecular weight is 280 g/mol.